The average Bonchev–Trinajstić information content (AvgIpc) is 2.38. The van der Waals surface area contributed by atoms with Crippen LogP contribution in [0.1, 0.15) is 45.4 Å². The quantitative estimate of drug-likeness (QED) is 0.812. The number of carbonyl (C=O) groups is 1. The van der Waals surface area contributed by atoms with Crippen LogP contribution in [-0.2, 0) is 4.79 Å². The van der Waals surface area contributed by atoms with Crippen LogP contribution in [0.5, 0.6) is 0 Å². The van der Waals surface area contributed by atoms with Gasteiger partial charge in [0.15, 0.2) is 0 Å². The van der Waals surface area contributed by atoms with E-state index in [1.54, 1.807) is 0 Å². The summed E-state index contributed by atoms with van der Waals surface area (Å²) in [6.07, 6.45) is 6.76. The lowest BCUT2D eigenvalue weighted by Crippen LogP contribution is -2.58. The predicted octanol–water partition coefficient (Wildman–Crippen LogP) is 1.80. The fourth-order valence-electron chi connectivity index (χ4n) is 3.32. The largest absolute Gasteiger partial charge is 0.480 e. The van der Waals surface area contributed by atoms with Crippen molar-refractivity contribution in [1.29, 1.82) is 0 Å². The summed E-state index contributed by atoms with van der Waals surface area (Å²) in [4.78, 5) is 16.2. The van der Waals surface area contributed by atoms with E-state index in [1.165, 1.54) is 25.8 Å². The second-order valence-electron chi connectivity index (χ2n) is 5.68. The van der Waals surface area contributed by atoms with Crippen LogP contribution in [0.25, 0.3) is 0 Å². The van der Waals surface area contributed by atoms with Gasteiger partial charge in [0, 0.05) is 25.7 Å². The van der Waals surface area contributed by atoms with Gasteiger partial charge in [-0.25, -0.2) is 0 Å². The first kappa shape index (κ1) is 13.8. The van der Waals surface area contributed by atoms with Gasteiger partial charge in [0.1, 0.15) is 6.04 Å². The lowest BCUT2D eigenvalue weighted by Gasteiger charge is -2.45. The maximum absolute atomic E-state index is 11.4. The molecule has 104 valence electrons. The second kappa shape index (κ2) is 6.53. The minimum atomic E-state index is -0.632. The third-order valence-electron chi connectivity index (χ3n) is 4.43. The average molecular weight is 254 g/mol. The zero-order valence-electron chi connectivity index (χ0n) is 11.5. The van der Waals surface area contributed by atoms with Crippen LogP contribution in [0.15, 0.2) is 0 Å². The zero-order chi connectivity index (χ0) is 13.0. The standard InChI is InChI=1S/C14H26N2O2/c1-2-3-7-13(14(17)18)16-10-9-15-8-5-4-6-12(15)11-16/h12-13H,2-11H2,1H3,(H,17,18). The van der Waals surface area contributed by atoms with Gasteiger partial charge in [0.2, 0.25) is 0 Å². The molecule has 4 heteroatoms. The van der Waals surface area contributed by atoms with Gasteiger partial charge in [-0.05, 0) is 25.8 Å². The molecule has 2 aliphatic heterocycles. The van der Waals surface area contributed by atoms with E-state index in [4.69, 9.17) is 0 Å². The summed E-state index contributed by atoms with van der Waals surface area (Å²) >= 11 is 0. The monoisotopic (exact) mass is 254 g/mol. The van der Waals surface area contributed by atoms with Crippen LogP contribution in [0, 0.1) is 0 Å². The normalized spacial score (nSPS) is 27.7. The molecule has 2 unspecified atom stereocenters. The highest BCUT2D eigenvalue weighted by Gasteiger charge is 2.34. The highest BCUT2D eigenvalue weighted by molar-refractivity contribution is 5.73. The Morgan fingerprint density at radius 2 is 2.17 bits per heavy atom. The maximum Gasteiger partial charge on any atom is 0.320 e. The van der Waals surface area contributed by atoms with E-state index in [0.717, 1.165) is 38.9 Å². The van der Waals surface area contributed by atoms with Gasteiger partial charge in [-0.2, -0.15) is 0 Å². The molecule has 0 amide bonds. The molecule has 2 saturated heterocycles. The van der Waals surface area contributed by atoms with Crippen molar-refractivity contribution >= 4 is 5.97 Å². The van der Waals surface area contributed by atoms with Crippen molar-refractivity contribution in [3.63, 3.8) is 0 Å². The third-order valence-corrected chi connectivity index (χ3v) is 4.43. The van der Waals surface area contributed by atoms with Gasteiger partial charge in [-0.15, -0.1) is 0 Å². The molecule has 0 bridgehead atoms. The first-order valence-electron chi connectivity index (χ1n) is 7.43. The highest BCUT2D eigenvalue weighted by Crippen LogP contribution is 2.23. The summed E-state index contributed by atoms with van der Waals surface area (Å²) in [6.45, 7) is 6.28. The molecule has 0 saturated carbocycles. The van der Waals surface area contributed by atoms with Crippen molar-refractivity contribution < 1.29 is 9.90 Å². The molecule has 0 radical (unpaired) electrons. The molecule has 0 aromatic rings. The Bertz CT molecular complexity index is 283. The second-order valence-corrected chi connectivity index (χ2v) is 5.68. The van der Waals surface area contributed by atoms with Gasteiger partial charge in [0.25, 0.3) is 0 Å². The van der Waals surface area contributed by atoms with Gasteiger partial charge < -0.3 is 5.11 Å². The Hall–Kier alpha value is -0.610. The van der Waals surface area contributed by atoms with E-state index >= 15 is 0 Å². The van der Waals surface area contributed by atoms with Crippen LogP contribution < -0.4 is 0 Å². The molecular weight excluding hydrogens is 228 g/mol. The van der Waals surface area contributed by atoms with Gasteiger partial charge >= 0.3 is 5.97 Å². The summed E-state index contributed by atoms with van der Waals surface area (Å²) < 4.78 is 0. The molecule has 18 heavy (non-hydrogen) atoms. The molecule has 1 N–H and O–H groups in total. The minimum absolute atomic E-state index is 0.256. The van der Waals surface area contributed by atoms with Crippen molar-refractivity contribution in [1.82, 2.24) is 9.80 Å². The van der Waals surface area contributed by atoms with Crippen LogP contribution in [0.3, 0.4) is 0 Å². The lowest BCUT2D eigenvalue weighted by molar-refractivity contribution is -0.145. The van der Waals surface area contributed by atoms with Crippen molar-refractivity contribution in [2.45, 2.75) is 57.5 Å². The number of piperidine rings is 1. The number of aliphatic carboxylic acids is 1. The van der Waals surface area contributed by atoms with E-state index in [-0.39, 0.29) is 6.04 Å². The molecular formula is C14H26N2O2. The zero-order valence-corrected chi connectivity index (χ0v) is 11.5. The smallest absolute Gasteiger partial charge is 0.320 e. The Morgan fingerprint density at radius 3 is 2.89 bits per heavy atom. The highest BCUT2D eigenvalue weighted by atomic mass is 16.4. The topological polar surface area (TPSA) is 43.8 Å². The van der Waals surface area contributed by atoms with E-state index in [2.05, 4.69) is 16.7 Å². The summed E-state index contributed by atoms with van der Waals surface area (Å²) in [7, 11) is 0. The van der Waals surface area contributed by atoms with Crippen LogP contribution in [0.4, 0.5) is 0 Å². The molecule has 2 fully saturated rings. The van der Waals surface area contributed by atoms with Crippen LogP contribution in [-0.4, -0.2) is 59.1 Å². The molecule has 2 heterocycles. The number of nitrogens with zero attached hydrogens (tertiary/aromatic N) is 2. The van der Waals surface area contributed by atoms with Gasteiger partial charge in [-0.1, -0.05) is 26.2 Å². The lowest BCUT2D eigenvalue weighted by atomic mass is 9.97. The van der Waals surface area contributed by atoms with Crippen molar-refractivity contribution in [3.8, 4) is 0 Å². The van der Waals surface area contributed by atoms with Crippen LogP contribution >= 0.6 is 0 Å². The molecule has 0 aliphatic carbocycles. The SMILES string of the molecule is CCCCC(C(=O)O)N1CCN2CCCCC2C1. The predicted molar refractivity (Wildman–Crippen MR) is 71.7 cm³/mol. The number of fused-ring (bicyclic) bond motifs is 1. The molecule has 2 rings (SSSR count). The summed E-state index contributed by atoms with van der Waals surface area (Å²) in [5.74, 6) is -0.632. The Balaban J connectivity index is 1.92. The van der Waals surface area contributed by atoms with Crippen molar-refractivity contribution in [2.24, 2.45) is 0 Å². The minimum Gasteiger partial charge on any atom is -0.480 e. The molecule has 4 nitrogen and oxygen atoms in total. The maximum atomic E-state index is 11.4. The first-order chi connectivity index (χ1) is 8.72. The van der Waals surface area contributed by atoms with Gasteiger partial charge in [0.05, 0.1) is 0 Å². The number of rotatable bonds is 5. The van der Waals surface area contributed by atoms with E-state index < -0.39 is 5.97 Å². The summed E-state index contributed by atoms with van der Waals surface area (Å²) in [5.41, 5.74) is 0. The molecule has 0 aromatic carbocycles. The summed E-state index contributed by atoms with van der Waals surface area (Å²) in [6, 6.07) is 0.352. The number of piperazine rings is 1. The Kier molecular flexibility index (Phi) is 5.01. The number of hydrogen-bond acceptors (Lipinski definition) is 3. The van der Waals surface area contributed by atoms with E-state index in [0.29, 0.717) is 6.04 Å². The van der Waals surface area contributed by atoms with E-state index in [9.17, 15) is 9.90 Å². The first-order valence-corrected chi connectivity index (χ1v) is 7.43. The van der Waals surface area contributed by atoms with Gasteiger partial charge in [-0.3, -0.25) is 14.6 Å². The Labute approximate surface area is 110 Å². The number of carboxylic acids is 1. The number of hydrogen-bond donors (Lipinski definition) is 1. The molecule has 2 aliphatic rings. The molecule has 2 atom stereocenters. The number of carboxylic acid groups (broad SMARTS) is 1. The fraction of sp³-hybridized carbons (Fsp3) is 0.929. The third kappa shape index (κ3) is 3.23. The molecule has 0 aromatic heterocycles. The van der Waals surface area contributed by atoms with Crippen LogP contribution in [0.2, 0.25) is 0 Å². The van der Waals surface area contributed by atoms with Crippen molar-refractivity contribution in [2.75, 3.05) is 26.2 Å². The molecule has 0 spiro atoms. The fourth-order valence-corrected chi connectivity index (χ4v) is 3.32. The number of unbranched alkanes of at least 4 members (excludes halogenated alkanes) is 1. The van der Waals surface area contributed by atoms with Crippen molar-refractivity contribution in [3.05, 3.63) is 0 Å². The summed E-state index contributed by atoms with van der Waals surface area (Å²) in [5, 5.41) is 9.39. The van der Waals surface area contributed by atoms with E-state index in [1.807, 2.05) is 0 Å². The Morgan fingerprint density at radius 1 is 1.33 bits per heavy atom.